The normalized spacial score (nSPS) is 17.9. The summed E-state index contributed by atoms with van der Waals surface area (Å²) >= 11 is 0. The summed E-state index contributed by atoms with van der Waals surface area (Å²) in [4.78, 5) is 15.6. The predicted molar refractivity (Wildman–Crippen MR) is 90.7 cm³/mol. The molecular weight excluding hydrogens is 349 g/mol. The van der Waals surface area contributed by atoms with Gasteiger partial charge < -0.3 is 14.7 Å². The highest BCUT2D eigenvalue weighted by molar-refractivity contribution is 5.68. The summed E-state index contributed by atoms with van der Waals surface area (Å²) in [7, 11) is 0. The van der Waals surface area contributed by atoms with Crippen LogP contribution in [0.4, 0.5) is 18.0 Å². The van der Waals surface area contributed by atoms with Crippen LogP contribution in [0, 0.1) is 0 Å². The molecule has 1 atom stereocenters. The highest BCUT2D eigenvalue weighted by atomic mass is 19.4. The Bertz CT molecular complexity index is 604. The van der Waals surface area contributed by atoms with E-state index in [1.807, 2.05) is 25.7 Å². The maximum absolute atomic E-state index is 12.6. The molecule has 0 saturated carbocycles. The topological polar surface area (TPSA) is 53.0 Å². The third-order valence-electron chi connectivity index (χ3n) is 4.08. The van der Waals surface area contributed by atoms with Crippen LogP contribution in [0.1, 0.15) is 38.0 Å². The highest BCUT2D eigenvalue weighted by Gasteiger charge is 2.30. The third-order valence-corrected chi connectivity index (χ3v) is 4.08. The van der Waals surface area contributed by atoms with Gasteiger partial charge in [0.25, 0.3) is 0 Å². The second-order valence-electron chi connectivity index (χ2n) is 7.40. The molecule has 146 valence electrons. The number of alkyl halides is 3. The van der Waals surface area contributed by atoms with Crippen molar-refractivity contribution in [2.45, 2.75) is 38.7 Å². The van der Waals surface area contributed by atoms with Crippen molar-refractivity contribution in [2.24, 2.45) is 0 Å². The minimum Gasteiger partial charge on any atom is -0.444 e. The van der Waals surface area contributed by atoms with Crippen molar-refractivity contribution in [1.82, 2.24) is 9.80 Å². The summed E-state index contributed by atoms with van der Waals surface area (Å²) in [5, 5.41) is 10.3. The van der Waals surface area contributed by atoms with E-state index in [2.05, 4.69) is 0 Å². The van der Waals surface area contributed by atoms with Gasteiger partial charge in [0.2, 0.25) is 0 Å². The van der Waals surface area contributed by atoms with Crippen LogP contribution < -0.4 is 0 Å². The molecule has 0 bridgehead atoms. The average molecular weight is 374 g/mol. The Morgan fingerprint density at radius 1 is 1.12 bits per heavy atom. The second kappa shape index (κ2) is 7.84. The van der Waals surface area contributed by atoms with Gasteiger partial charge in [-0.05, 0) is 38.5 Å². The van der Waals surface area contributed by atoms with Crippen LogP contribution in [0.15, 0.2) is 24.3 Å². The molecule has 1 heterocycles. The van der Waals surface area contributed by atoms with Crippen LogP contribution in [0.25, 0.3) is 0 Å². The first kappa shape index (κ1) is 20.5. The lowest BCUT2D eigenvalue weighted by molar-refractivity contribution is -0.137. The van der Waals surface area contributed by atoms with E-state index in [1.54, 1.807) is 4.90 Å². The van der Waals surface area contributed by atoms with Crippen LogP contribution >= 0.6 is 0 Å². The van der Waals surface area contributed by atoms with Gasteiger partial charge in [0.05, 0.1) is 11.7 Å². The number of ether oxygens (including phenoxy) is 1. The van der Waals surface area contributed by atoms with Crippen LogP contribution in [-0.2, 0) is 10.9 Å². The number of piperazine rings is 1. The first-order valence-electron chi connectivity index (χ1n) is 8.51. The van der Waals surface area contributed by atoms with Crippen molar-refractivity contribution in [2.75, 3.05) is 32.7 Å². The van der Waals surface area contributed by atoms with Crippen molar-refractivity contribution in [3.8, 4) is 0 Å². The van der Waals surface area contributed by atoms with E-state index >= 15 is 0 Å². The highest BCUT2D eigenvalue weighted by Crippen LogP contribution is 2.30. The predicted octanol–water partition coefficient (Wildman–Crippen LogP) is 3.29. The van der Waals surface area contributed by atoms with E-state index in [-0.39, 0.29) is 6.09 Å². The number of nitrogens with zero attached hydrogens (tertiary/aromatic N) is 2. The molecule has 0 aromatic heterocycles. The molecule has 1 aliphatic rings. The van der Waals surface area contributed by atoms with E-state index in [0.717, 1.165) is 12.1 Å². The molecule has 1 unspecified atom stereocenters. The van der Waals surface area contributed by atoms with E-state index < -0.39 is 23.4 Å². The first-order chi connectivity index (χ1) is 12.0. The molecule has 5 nitrogen and oxygen atoms in total. The van der Waals surface area contributed by atoms with Gasteiger partial charge in [-0.25, -0.2) is 4.79 Å². The Labute approximate surface area is 151 Å². The van der Waals surface area contributed by atoms with Crippen LogP contribution in [0.5, 0.6) is 0 Å². The molecule has 1 aromatic rings. The molecular formula is C18H25F3N2O3. The number of rotatable bonds is 3. The maximum Gasteiger partial charge on any atom is 0.416 e. The lowest BCUT2D eigenvalue weighted by Crippen LogP contribution is -2.50. The molecule has 8 heteroatoms. The van der Waals surface area contributed by atoms with Gasteiger partial charge in [-0.15, -0.1) is 0 Å². The molecule has 0 aliphatic carbocycles. The summed E-state index contributed by atoms with van der Waals surface area (Å²) in [6, 6.07) is 4.53. The zero-order valence-corrected chi connectivity index (χ0v) is 15.2. The number of β-amino-alcohol motifs (C(OH)–C–C–N with tert-alkyl or cyclic N) is 1. The lowest BCUT2D eigenvalue weighted by atomic mass is 10.1. The van der Waals surface area contributed by atoms with Gasteiger partial charge in [0.1, 0.15) is 5.60 Å². The monoisotopic (exact) mass is 374 g/mol. The Hall–Kier alpha value is -1.80. The number of benzene rings is 1. The quantitative estimate of drug-likeness (QED) is 0.882. The Balaban J connectivity index is 1.84. The minimum atomic E-state index is -4.39. The lowest BCUT2D eigenvalue weighted by Gasteiger charge is -2.36. The standard InChI is InChI=1S/C18H25F3N2O3/c1-17(2,3)26-16(25)23-10-8-22(9-11-23)12-15(24)13-4-6-14(7-5-13)18(19,20)21/h4-7,15,24H,8-12H2,1-3H3. The molecule has 26 heavy (non-hydrogen) atoms. The Morgan fingerprint density at radius 3 is 2.12 bits per heavy atom. The molecule has 1 fully saturated rings. The zero-order valence-electron chi connectivity index (χ0n) is 15.2. The van der Waals surface area contributed by atoms with Gasteiger partial charge >= 0.3 is 12.3 Å². The summed E-state index contributed by atoms with van der Waals surface area (Å²) in [6.45, 7) is 7.81. The summed E-state index contributed by atoms with van der Waals surface area (Å²) in [5.74, 6) is 0. The number of aliphatic hydroxyl groups is 1. The molecule has 1 amide bonds. The number of halogens is 3. The number of hydrogen-bond donors (Lipinski definition) is 1. The van der Waals surface area contributed by atoms with Crippen LogP contribution in [0.3, 0.4) is 0 Å². The second-order valence-corrected chi connectivity index (χ2v) is 7.40. The molecule has 2 rings (SSSR count). The SMILES string of the molecule is CC(C)(C)OC(=O)N1CCN(CC(O)c2ccc(C(F)(F)F)cc2)CC1. The number of aliphatic hydroxyl groups excluding tert-OH is 1. The van der Waals surface area contributed by atoms with Crippen LogP contribution in [-0.4, -0.2) is 59.3 Å². The zero-order chi connectivity index (χ0) is 19.5. The number of hydrogen-bond acceptors (Lipinski definition) is 4. The average Bonchev–Trinajstić information content (AvgIpc) is 2.53. The summed E-state index contributed by atoms with van der Waals surface area (Å²) < 4.78 is 43.1. The van der Waals surface area contributed by atoms with Crippen molar-refractivity contribution in [3.63, 3.8) is 0 Å². The van der Waals surface area contributed by atoms with Gasteiger partial charge in [-0.1, -0.05) is 12.1 Å². The number of amides is 1. The fourth-order valence-corrected chi connectivity index (χ4v) is 2.68. The smallest absolute Gasteiger partial charge is 0.416 e. The fourth-order valence-electron chi connectivity index (χ4n) is 2.68. The molecule has 0 radical (unpaired) electrons. The molecule has 1 saturated heterocycles. The van der Waals surface area contributed by atoms with Crippen molar-refractivity contribution < 1.29 is 27.8 Å². The molecule has 1 aromatic carbocycles. The van der Waals surface area contributed by atoms with Crippen molar-refractivity contribution in [3.05, 3.63) is 35.4 Å². The fraction of sp³-hybridized carbons (Fsp3) is 0.611. The maximum atomic E-state index is 12.6. The van der Waals surface area contributed by atoms with Gasteiger partial charge in [-0.3, -0.25) is 4.90 Å². The summed E-state index contributed by atoms with van der Waals surface area (Å²) in [5.41, 5.74) is -0.848. The third kappa shape index (κ3) is 5.88. The first-order valence-corrected chi connectivity index (χ1v) is 8.51. The summed E-state index contributed by atoms with van der Waals surface area (Å²) in [6.07, 6.45) is -5.63. The van der Waals surface area contributed by atoms with E-state index in [4.69, 9.17) is 4.74 Å². The van der Waals surface area contributed by atoms with E-state index in [1.165, 1.54) is 12.1 Å². The van der Waals surface area contributed by atoms with Crippen molar-refractivity contribution in [1.29, 1.82) is 0 Å². The van der Waals surface area contributed by atoms with Gasteiger partial charge in [0, 0.05) is 32.7 Å². The Morgan fingerprint density at radius 2 is 1.65 bits per heavy atom. The van der Waals surface area contributed by atoms with Gasteiger partial charge in [-0.2, -0.15) is 13.2 Å². The minimum absolute atomic E-state index is 0.299. The molecule has 1 N–H and O–H groups in total. The number of carbonyl (C=O) groups excluding carboxylic acids is 1. The van der Waals surface area contributed by atoms with Crippen molar-refractivity contribution >= 4 is 6.09 Å². The van der Waals surface area contributed by atoms with E-state index in [9.17, 15) is 23.1 Å². The van der Waals surface area contributed by atoms with Gasteiger partial charge in [0.15, 0.2) is 0 Å². The molecule has 0 spiro atoms. The van der Waals surface area contributed by atoms with Crippen LogP contribution in [0.2, 0.25) is 0 Å². The Kier molecular flexibility index (Phi) is 6.18. The number of carbonyl (C=O) groups is 1. The largest absolute Gasteiger partial charge is 0.444 e. The van der Waals surface area contributed by atoms with E-state index in [0.29, 0.717) is 38.3 Å². The molecule has 1 aliphatic heterocycles.